The van der Waals surface area contributed by atoms with Gasteiger partial charge in [0.2, 0.25) is 12.1 Å². The van der Waals surface area contributed by atoms with Gasteiger partial charge in [-0.05, 0) is 74.4 Å². The van der Waals surface area contributed by atoms with Crippen LogP contribution in [0.1, 0.15) is 52.9 Å². The smallest absolute Gasteiger partial charge is 0.311 e. The van der Waals surface area contributed by atoms with Crippen molar-refractivity contribution >= 4 is 29.1 Å². The molecule has 1 saturated carbocycles. The first kappa shape index (κ1) is 31.8. The van der Waals surface area contributed by atoms with Crippen LogP contribution in [-0.2, 0) is 28.8 Å². The molecule has 0 N–H and O–H groups in total. The Labute approximate surface area is 271 Å². The molecule has 0 unspecified atom stereocenters. The predicted octanol–water partition coefficient (Wildman–Crippen LogP) is 3.13. The molecule has 0 radical (unpaired) electrons. The molecule has 4 saturated heterocycles. The average Bonchev–Trinajstić information content (AvgIpc) is 3.27. The van der Waals surface area contributed by atoms with Crippen molar-refractivity contribution in [3.63, 3.8) is 0 Å². The normalized spacial score (nSPS) is 34.2. The topological polar surface area (TPSA) is 63.2 Å². The minimum atomic E-state index is -2.15. The number of ether oxygens (including phenoxy) is 3. The molecule has 1 aliphatic carbocycles. The lowest BCUT2D eigenvalue weighted by atomic mass is 9.58. The zero-order chi connectivity index (χ0) is 29.7. The van der Waals surface area contributed by atoms with E-state index >= 15 is 0 Å². The van der Waals surface area contributed by atoms with Gasteiger partial charge in [-0.1, -0.05) is 68.4 Å². The molecule has 3 aromatic rings. The van der Waals surface area contributed by atoms with Gasteiger partial charge in [-0.25, -0.2) is 9.78 Å². The maximum Gasteiger partial charge on any atom is 0.311 e. The molecule has 6 nitrogen and oxygen atoms in total. The summed E-state index contributed by atoms with van der Waals surface area (Å²) in [6.45, 7) is 6.34. The SMILES string of the molecule is C[C@H]1[C@H](OC(=O)CC[P+](c2ccccc2)(c2ccccc2)c2ccccc2)O[C@@H]2O[C@@]3(C)CC[C@H]4[C@H](C)CC[C@@H]1[C@@]24OO3.[Br-]. The summed E-state index contributed by atoms with van der Waals surface area (Å²) in [5.74, 6) is -0.306. The second kappa shape index (κ2) is 12.6. The number of benzene rings is 3. The quantitative estimate of drug-likeness (QED) is 0.217. The van der Waals surface area contributed by atoms with Gasteiger partial charge in [0.15, 0.2) is 11.9 Å². The van der Waals surface area contributed by atoms with Gasteiger partial charge in [0, 0.05) is 18.3 Å². The maximum atomic E-state index is 13.8. The highest BCUT2D eigenvalue weighted by atomic mass is 79.9. The van der Waals surface area contributed by atoms with E-state index in [2.05, 4.69) is 86.6 Å². The Kier molecular flexibility index (Phi) is 9.11. The molecular weight excluding hydrogens is 639 g/mol. The highest BCUT2D eigenvalue weighted by Gasteiger charge is 2.69. The van der Waals surface area contributed by atoms with Crippen LogP contribution >= 0.6 is 7.26 Å². The molecule has 3 aromatic carbocycles. The highest BCUT2D eigenvalue weighted by Crippen LogP contribution is 2.61. The Hall–Kier alpha value is -2.12. The Balaban J connectivity index is 0.00000343. The molecule has 4 aliphatic heterocycles. The Morgan fingerprint density at radius 1 is 0.818 bits per heavy atom. The molecule has 8 heteroatoms. The molecule has 2 bridgehead atoms. The molecule has 44 heavy (non-hydrogen) atoms. The number of fused-ring (bicyclic) bond motifs is 2. The van der Waals surface area contributed by atoms with Crippen molar-refractivity contribution in [3.8, 4) is 0 Å². The molecule has 0 amide bonds. The lowest BCUT2D eigenvalue weighted by Gasteiger charge is -2.59. The van der Waals surface area contributed by atoms with E-state index in [-0.39, 0.29) is 47.1 Å². The molecule has 8 rings (SSSR count). The number of halogens is 1. The fourth-order valence-electron chi connectivity index (χ4n) is 8.34. The van der Waals surface area contributed by atoms with Gasteiger partial charge < -0.3 is 31.2 Å². The Bertz CT molecular complexity index is 1330. The number of carbonyl (C=O) groups is 1. The summed E-state index contributed by atoms with van der Waals surface area (Å²) >= 11 is 0. The van der Waals surface area contributed by atoms with Crippen molar-refractivity contribution < 1.29 is 45.8 Å². The van der Waals surface area contributed by atoms with Crippen LogP contribution < -0.4 is 32.9 Å². The van der Waals surface area contributed by atoms with Crippen molar-refractivity contribution in [1.29, 1.82) is 0 Å². The summed E-state index contributed by atoms with van der Waals surface area (Å²) in [6.07, 6.45) is 3.38. The van der Waals surface area contributed by atoms with Crippen LogP contribution in [-0.4, -0.2) is 36.1 Å². The maximum absolute atomic E-state index is 13.8. The molecule has 8 atom stereocenters. The van der Waals surface area contributed by atoms with Crippen LogP contribution in [0.25, 0.3) is 0 Å². The van der Waals surface area contributed by atoms with Crippen LogP contribution in [0.5, 0.6) is 0 Å². The lowest BCUT2D eigenvalue weighted by molar-refractivity contribution is -0.576. The van der Waals surface area contributed by atoms with Crippen molar-refractivity contribution in [2.24, 2.45) is 23.7 Å². The molecule has 4 heterocycles. The summed E-state index contributed by atoms with van der Waals surface area (Å²) in [4.78, 5) is 26.0. The van der Waals surface area contributed by atoms with Gasteiger partial charge in [0.05, 0.1) is 12.6 Å². The summed E-state index contributed by atoms with van der Waals surface area (Å²) in [5.41, 5.74) is -0.676. The van der Waals surface area contributed by atoms with Gasteiger partial charge in [-0.15, -0.1) is 0 Å². The summed E-state index contributed by atoms with van der Waals surface area (Å²) in [7, 11) is -2.15. The fourth-order valence-corrected chi connectivity index (χ4v) is 12.6. The zero-order valence-corrected chi connectivity index (χ0v) is 28.1. The molecule has 5 aliphatic rings. The lowest BCUT2D eigenvalue weighted by Crippen LogP contribution is -3.00. The average molecular weight is 682 g/mol. The number of carbonyl (C=O) groups excluding carboxylic acids is 1. The summed E-state index contributed by atoms with van der Waals surface area (Å²) in [6, 6.07) is 31.9. The first-order valence-electron chi connectivity index (χ1n) is 15.8. The van der Waals surface area contributed by atoms with Crippen LogP contribution in [0.3, 0.4) is 0 Å². The minimum absolute atomic E-state index is 0. The van der Waals surface area contributed by atoms with Gasteiger partial charge in [-0.2, -0.15) is 0 Å². The van der Waals surface area contributed by atoms with Crippen molar-refractivity contribution in [2.45, 2.75) is 76.8 Å². The number of hydrogen-bond acceptors (Lipinski definition) is 6. The number of hydrogen-bond donors (Lipinski definition) is 0. The largest absolute Gasteiger partial charge is 1.00 e. The van der Waals surface area contributed by atoms with E-state index in [1.54, 1.807) is 0 Å². The summed E-state index contributed by atoms with van der Waals surface area (Å²) in [5, 5.41) is 3.75. The second-order valence-electron chi connectivity index (χ2n) is 13.1. The van der Waals surface area contributed by atoms with Crippen LogP contribution in [0.4, 0.5) is 0 Å². The van der Waals surface area contributed by atoms with Crippen LogP contribution in [0.15, 0.2) is 91.0 Å². The molecule has 0 aromatic heterocycles. The third-order valence-corrected chi connectivity index (χ3v) is 15.0. The van der Waals surface area contributed by atoms with E-state index in [4.69, 9.17) is 24.0 Å². The Morgan fingerprint density at radius 2 is 1.39 bits per heavy atom. The minimum Gasteiger partial charge on any atom is -1.00 e. The third kappa shape index (κ3) is 5.28. The van der Waals surface area contributed by atoms with Gasteiger partial charge >= 0.3 is 5.97 Å². The van der Waals surface area contributed by atoms with Gasteiger partial charge in [0.25, 0.3) is 0 Å². The van der Waals surface area contributed by atoms with Gasteiger partial charge in [0.1, 0.15) is 23.2 Å². The number of rotatable bonds is 7. The van der Waals surface area contributed by atoms with Crippen LogP contribution in [0, 0.1) is 23.7 Å². The first-order chi connectivity index (χ1) is 20.9. The molecular formula is C36H42BrO6P. The van der Waals surface area contributed by atoms with Crippen LogP contribution in [0.2, 0.25) is 0 Å². The fraction of sp³-hybridized carbons (Fsp3) is 0.472. The van der Waals surface area contributed by atoms with Gasteiger partial charge in [-0.3, -0.25) is 4.79 Å². The number of esters is 1. The van der Waals surface area contributed by atoms with E-state index in [0.717, 1.165) is 25.7 Å². The van der Waals surface area contributed by atoms with Crippen molar-refractivity contribution in [3.05, 3.63) is 91.0 Å². The molecule has 5 fully saturated rings. The predicted molar refractivity (Wildman–Crippen MR) is 168 cm³/mol. The van der Waals surface area contributed by atoms with E-state index in [0.29, 0.717) is 12.1 Å². The monoisotopic (exact) mass is 680 g/mol. The highest BCUT2D eigenvalue weighted by molar-refractivity contribution is 7.95. The third-order valence-electron chi connectivity index (χ3n) is 10.6. The molecule has 234 valence electrons. The Morgan fingerprint density at radius 3 is 1.95 bits per heavy atom. The summed E-state index contributed by atoms with van der Waals surface area (Å²) < 4.78 is 19.3. The van der Waals surface area contributed by atoms with E-state index in [9.17, 15) is 4.79 Å². The van der Waals surface area contributed by atoms with E-state index in [1.807, 2.05) is 25.1 Å². The van der Waals surface area contributed by atoms with E-state index < -0.39 is 31.2 Å². The van der Waals surface area contributed by atoms with Crippen molar-refractivity contribution in [1.82, 2.24) is 0 Å². The molecule has 1 spiro atoms. The van der Waals surface area contributed by atoms with Crippen molar-refractivity contribution in [2.75, 3.05) is 6.16 Å². The second-order valence-corrected chi connectivity index (χ2v) is 16.7. The first-order valence-corrected chi connectivity index (χ1v) is 17.8. The zero-order valence-electron chi connectivity index (χ0n) is 25.6. The standard InChI is InChI=1S/C36H42O6P.BrH/c1-25-19-20-31-26(2)33(39-34-36(31)30(25)21-23-35(3,40-34)41-42-36)38-32(37)22-24-43(27-13-7-4-8-14-27,28-15-9-5-10-16-28)29-17-11-6-12-18-29;/h4-18,25-26,30-31,33-34H,19-24H2,1-3H3;1H/q+1;/p-1/t25-,26-,30+,31+,33-,34-,35-,36-;/m1./s1. The van der Waals surface area contributed by atoms with E-state index in [1.165, 1.54) is 15.9 Å².